The lowest BCUT2D eigenvalue weighted by molar-refractivity contribution is -0.117. The van der Waals surface area contributed by atoms with Gasteiger partial charge in [-0.3, -0.25) is 14.3 Å². The fourth-order valence-corrected chi connectivity index (χ4v) is 3.48. The van der Waals surface area contributed by atoms with Gasteiger partial charge >= 0.3 is 0 Å². The summed E-state index contributed by atoms with van der Waals surface area (Å²) in [6.45, 7) is 1.69. The minimum atomic E-state index is -0.461. The van der Waals surface area contributed by atoms with E-state index >= 15 is 0 Å². The van der Waals surface area contributed by atoms with Crippen molar-refractivity contribution in [1.82, 2.24) is 19.7 Å². The van der Waals surface area contributed by atoms with Crippen LogP contribution in [0.2, 0.25) is 0 Å². The molecule has 4 rings (SSSR count). The van der Waals surface area contributed by atoms with E-state index in [0.717, 1.165) is 6.42 Å². The molecule has 2 heterocycles. The van der Waals surface area contributed by atoms with Gasteiger partial charge in [0.1, 0.15) is 35.9 Å². The summed E-state index contributed by atoms with van der Waals surface area (Å²) in [6, 6.07) is 11.0. The smallest absolute Gasteiger partial charge is 0.246 e. The normalized spacial score (nSPS) is 10.8. The second-order valence-electron chi connectivity index (χ2n) is 7.75. The van der Waals surface area contributed by atoms with Crippen LogP contribution in [0.5, 0.6) is 5.75 Å². The highest BCUT2D eigenvalue weighted by Gasteiger charge is 2.15. The summed E-state index contributed by atoms with van der Waals surface area (Å²) in [5.41, 5.74) is 1.32. The van der Waals surface area contributed by atoms with Gasteiger partial charge in [-0.25, -0.2) is 14.4 Å². The summed E-state index contributed by atoms with van der Waals surface area (Å²) in [6.07, 6.45) is 3.64. The number of rotatable bonds is 10. The first-order chi connectivity index (χ1) is 17.4. The lowest BCUT2D eigenvalue weighted by atomic mass is 10.2. The third-order valence-electron chi connectivity index (χ3n) is 4.88. The molecule has 186 valence electrons. The van der Waals surface area contributed by atoms with Gasteiger partial charge in [-0.05, 0) is 36.8 Å². The van der Waals surface area contributed by atoms with E-state index in [1.165, 1.54) is 42.3 Å². The fraction of sp³-hybridized carbons (Fsp3) is 0.208. The number of carbonyl (C=O) groups is 2. The maximum Gasteiger partial charge on any atom is 0.246 e. The van der Waals surface area contributed by atoms with Crippen LogP contribution in [0.3, 0.4) is 0 Å². The molecule has 10 nitrogen and oxygen atoms in total. The average Bonchev–Trinajstić information content (AvgIpc) is 3.18. The zero-order valence-corrected chi connectivity index (χ0v) is 20.1. The van der Waals surface area contributed by atoms with Crippen molar-refractivity contribution in [2.75, 3.05) is 28.4 Å². The van der Waals surface area contributed by atoms with E-state index in [0.29, 0.717) is 46.3 Å². The Bertz CT molecular complexity index is 1400. The SMILES string of the molecule is CC(=O)Nc1cn(CC(=O)Nc2cccc(F)c2)nc1Nc1ncnc2cc(OCCCCl)ccc12. The second kappa shape index (κ2) is 11.5. The van der Waals surface area contributed by atoms with Gasteiger partial charge in [-0.1, -0.05) is 6.07 Å². The van der Waals surface area contributed by atoms with Gasteiger partial charge in [0.2, 0.25) is 11.8 Å². The lowest BCUT2D eigenvalue weighted by Gasteiger charge is -2.10. The first-order valence-corrected chi connectivity index (χ1v) is 11.6. The summed E-state index contributed by atoms with van der Waals surface area (Å²) in [5, 5.41) is 13.5. The molecule has 12 heteroatoms. The number of benzene rings is 2. The lowest BCUT2D eigenvalue weighted by Crippen LogP contribution is -2.19. The number of amides is 2. The molecule has 2 aromatic carbocycles. The monoisotopic (exact) mass is 511 g/mol. The third kappa shape index (κ3) is 6.45. The molecular weight excluding hydrogens is 489 g/mol. The standard InChI is InChI=1S/C24H23ClFN7O3/c1-15(34)29-21-12-33(13-22(35)30-17-5-2-4-16(26)10-17)32-24(21)31-23-19-7-6-18(36-9-3-8-25)11-20(19)27-14-28-23/h2,4-7,10-12,14H,3,8-9,13H2,1H3,(H,29,34)(H,30,35)(H,27,28,31,32). The van der Waals surface area contributed by atoms with Crippen LogP contribution in [-0.2, 0) is 16.1 Å². The summed E-state index contributed by atoms with van der Waals surface area (Å²) >= 11 is 5.70. The van der Waals surface area contributed by atoms with Crippen molar-refractivity contribution < 1.29 is 18.7 Å². The summed E-state index contributed by atoms with van der Waals surface area (Å²) in [4.78, 5) is 32.8. The molecule has 4 aromatic rings. The number of nitrogens with zero attached hydrogens (tertiary/aromatic N) is 4. The van der Waals surface area contributed by atoms with Crippen molar-refractivity contribution in [3.8, 4) is 5.75 Å². The number of hydrogen-bond acceptors (Lipinski definition) is 7. The summed E-state index contributed by atoms with van der Waals surface area (Å²) in [7, 11) is 0. The summed E-state index contributed by atoms with van der Waals surface area (Å²) < 4.78 is 20.4. The van der Waals surface area contributed by atoms with E-state index in [2.05, 4.69) is 31.0 Å². The summed E-state index contributed by atoms with van der Waals surface area (Å²) in [5.74, 6) is 0.715. The van der Waals surface area contributed by atoms with Crippen LogP contribution in [0.1, 0.15) is 13.3 Å². The molecule has 2 amide bonds. The van der Waals surface area contributed by atoms with Crippen molar-refractivity contribution in [1.29, 1.82) is 0 Å². The van der Waals surface area contributed by atoms with E-state index in [4.69, 9.17) is 16.3 Å². The molecule has 0 fully saturated rings. The Morgan fingerprint density at radius 1 is 1.11 bits per heavy atom. The molecule has 0 aliphatic heterocycles. The molecular formula is C24H23ClFN7O3. The Balaban J connectivity index is 1.54. The van der Waals surface area contributed by atoms with Crippen molar-refractivity contribution in [3.05, 3.63) is 60.8 Å². The number of hydrogen-bond donors (Lipinski definition) is 3. The molecule has 2 aromatic heterocycles. The molecule has 0 unspecified atom stereocenters. The quantitative estimate of drug-likeness (QED) is 0.214. The predicted molar refractivity (Wildman–Crippen MR) is 135 cm³/mol. The van der Waals surface area contributed by atoms with Crippen LogP contribution >= 0.6 is 11.6 Å². The average molecular weight is 512 g/mol. The number of halogens is 2. The van der Waals surface area contributed by atoms with Crippen LogP contribution in [-0.4, -0.2) is 44.0 Å². The highest BCUT2D eigenvalue weighted by molar-refractivity contribution is 6.17. The van der Waals surface area contributed by atoms with E-state index < -0.39 is 11.7 Å². The Labute approximate surface area is 210 Å². The van der Waals surface area contributed by atoms with Gasteiger partial charge in [-0.15, -0.1) is 11.6 Å². The number of ether oxygens (including phenoxy) is 1. The van der Waals surface area contributed by atoms with Crippen LogP contribution in [0.4, 0.5) is 27.4 Å². The van der Waals surface area contributed by atoms with Gasteiger partial charge in [0.05, 0.1) is 18.3 Å². The molecule has 0 saturated carbocycles. The number of anilines is 4. The van der Waals surface area contributed by atoms with Gasteiger partial charge in [0, 0.05) is 29.9 Å². The highest BCUT2D eigenvalue weighted by atomic mass is 35.5. The Hall–Kier alpha value is -4.25. The van der Waals surface area contributed by atoms with Crippen LogP contribution < -0.4 is 20.7 Å². The number of aromatic nitrogens is 4. The van der Waals surface area contributed by atoms with Crippen molar-refractivity contribution in [2.45, 2.75) is 19.9 Å². The molecule has 0 aliphatic rings. The van der Waals surface area contributed by atoms with Gasteiger partial charge in [0.15, 0.2) is 5.82 Å². The number of carbonyl (C=O) groups excluding carboxylic acids is 2. The first kappa shape index (κ1) is 24.9. The largest absolute Gasteiger partial charge is 0.493 e. The van der Waals surface area contributed by atoms with Crippen LogP contribution in [0, 0.1) is 5.82 Å². The Morgan fingerprint density at radius 2 is 1.97 bits per heavy atom. The second-order valence-corrected chi connectivity index (χ2v) is 8.12. The number of fused-ring (bicyclic) bond motifs is 1. The minimum Gasteiger partial charge on any atom is -0.493 e. The maximum atomic E-state index is 13.4. The molecule has 36 heavy (non-hydrogen) atoms. The topological polar surface area (TPSA) is 123 Å². The van der Waals surface area contributed by atoms with Crippen LogP contribution in [0.15, 0.2) is 55.0 Å². The van der Waals surface area contributed by atoms with Gasteiger partial charge < -0.3 is 20.7 Å². The third-order valence-corrected chi connectivity index (χ3v) is 5.15. The van der Waals surface area contributed by atoms with E-state index in [1.54, 1.807) is 18.2 Å². The molecule has 0 saturated heterocycles. The molecule has 0 bridgehead atoms. The predicted octanol–water partition coefficient (Wildman–Crippen LogP) is 4.31. The van der Waals surface area contributed by atoms with Crippen molar-refractivity contribution >= 4 is 57.3 Å². The maximum absolute atomic E-state index is 13.4. The van der Waals surface area contributed by atoms with Gasteiger partial charge in [-0.2, -0.15) is 5.10 Å². The van der Waals surface area contributed by atoms with E-state index in [9.17, 15) is 14.0 Å². The number of alkyl halides is 1. The molecule has 0 spiro atoms. The van der Waals surface area contributed by atoms with Gasteiger partial charge in [0.25, 0.3) is 0 Å². The zero-order chi connectivity index (χ0) is 25.5. The zero-order valence-electron chi connectivity index (χ0n) is 19.3. The van der Waals surface area contributed by atoms with E-state index in [1.807, 2.05) is 6.07 Å². The first-order valence-electron chi connectivity index (χ1n) is 11.0. The fourth-order valence-electron chi connectivity index (χ4n) is 3.37. The van der Waals surface area contributed by atoms with E-state index in [-0.39, 0.29) is 18.3 Å². The highest BCUT2D eigenvalue weighted by Crippen LogP contribution is 2.29. The van der Waals surface area contributed by atoms with Crippen molar-refractivity contribution in [2.24, 2.45) is 0 Å². The molecule has 3 N–H and O–H groups in total. The molecule has 0 atom stereocenters. The Kier molecular flexibility index (Phi) is 7.91. The molecule has 0 radical (unpaired) electrons. The Morgan fingerprint density at radius 3 is 2.75 bits per heavy atom. The number of nitrogens with one attached hydrogen (secondary N) is 3. The minimum absolute atomic E-state index is 0.168. The molecule has 0 aliphatic carbocycles. The van der Waals surface area contributed by atoms with Crippen molar-refractivity contribution in [3.63, 3.8) is 0 Å². The van der Waals surface area contributed by atoms with Crippen LogP contribution in [0.25, 0.3) is 10.9 Å².